The summed E-state index contributed by atoms with van der Waals surface area (Å²) in [5, 5.41) is 2.57. The van der Waals surface area contributed by atoms with Gasteiger partial charge in [-0.1, -0.05) is 17.7 Å². The van der Waals surface area contributed by atoms with Gasteiger partial charge in [0.1, 0.15) is 11.3 Å². The van der Waals surface area contributed by atoms with Gasteiger partial charge in [-0.15, -0.1) is 0 Å². The molecule has 1 amide bonds. The quantitative estimate of drug-likeness (QED) is 0.689. The first kappa shape index (κ1) is 17.2. The van der Waals surface area contributed by atoms with Gasteiger partial charge in [0.2, 0.25) is 5.91 Å². The number of hydrogen-bond acceptors (Lipinski definition) is 5. The molecule has 0 heterocycles. The number of methoxy groups -OCH3 is 1. The van der Waals surface area contributed by atoms with Crippen LogP contribution in [0.2, 0.25) is 0 Å². The zero-order chi connectivity index (χ0) is 17.7. The first-order valence-corrected chi connectivity index (χ1v) is 7.19. The number of anilines is 1. The lowest BCUT2D eigenvalue weighted by Gasteiger charge is -2.11. The van der Waals surface area contributed by atoms with E-state index in [4.69, 9.17) is 4.74 Å². The van der Waals surface area contributed by atoms with Crippen molar-refractivity contribution in [1.29, 1.82) is 0 Å². The van der Waals surface area contributed by atoms with Crippen LogP contribution in [0.5, 0.6) is 5.75 Å². The minimum absolute atomic E-state index is 0.0135. The largest absolute Gasteiger partial charge is 0.465 e. The third-order valence-corrected chi connectivity index (χ3v) is 3.16. The van der Waals surface area contributed by atoms with Crippen LogP contribution < -0.4 is 10.1 Å². The molecular formula is C18H17NO5. The minimum atomic E-state index is -0.642. The molecule has 0 aromatic heterocycles. The molecule has 0 unspecified atom stereocenters. The van der Waals surface area contributed by atoms with Crippen LogP contribution in [0.1, 0.15) is 33.2 Å². The number of aryl methyl sites for hydroxylation is 1. The molecule has 1 N–H and O–H groups in total. The van der Waals surface area contributed by atoms with E-state index in [0.29, 0.717) is 11.3 Å². The average Bonchev–Trinajstić information content (AvgIpc) is 2.54. The molecule has 0 spiro atoms. The van der Waals surface area contributed by atoms with Crippen molar-refractivity contribution in [3.05, 3.63) is 59.2 Å². The van der Waals surface area contributed by atoms with Crippen LogP contribution >= 0.6 is 0 Å². The van der Waals surface area contributed by atoms with E-state index in [2.05, 4.69) is 10.1 Å². The Balaban J connectivity index is 2.36. The van der Waals surface area contributed by atoms with E-state index in [9.17, 15) is 14.4 Å². The second-order valence-electron chi connectivity index (χ2n) is 5.14. The van der Waals surface area contributed by atoms with Crippen LogP contribution in [0.25, 0.3) is 0 Å². The average molecular weight is 327 g/mol. The van der Waals surface area contributed by atoms with Gasteiger partial charge in [-0.3, -0.25) is 4.79 Å². The summed E-state index contributed by atoms with van der Waals surface area (Å²) in [5.41, 5.74) is 1.76. The smallest absolute Gasteiger partial charge is 0.343 e. The lowest BCUT2D eigenvalue weighted by molar-refractivity contribution is -0.114. The highest BCUT2D eigenvalue weighted by molar-refractivity contribution is 5.97. The molecule has 0 saturated carbocycles. The van der Waals surface area contributed by atoms with Crippen LogP contribution in [-0.4, -0.2) is 25.0 Å². The van der Waals surface area contributed by atoms with Gasteiger partial charge in [-0.05, 0) is 31.2 Å². The van der Waals surface area contributed by atoms with Crippen LogP contribution in [-0.2, 0) is 9.53 Å². The SMILES string of the molecule is COC(=O)c1ccc(NC(C)=O)cc1OC(=O)c1cccc(C)c1. The fraction of sp³-hybridized carbons (Fsp3) is 0.167. The Bertz CT molecular complexity index is 798. The Morgan fingerprint density at radius 1 is 1.00 bits per heavy atom. The topological polar surface area (TPSA) is 81.7 Å². The first-order valence-electron chi connectivity index (χ1n) is 7.19. The Morgan fingerprint density at radius 2 is 1.75 bits per heavy atom. The maximum absolute atomic E-state index is 12.3. The molecule has 2 aromatic rings. The summed E-state index contributed by atoms with van der Waals surface area (Å²) in [6.07, 6.45) is 0. The van der Waals surface area contributed by atoms with E-state index in [1.807, 2.05) is 13.0 Å². The molecule has 6 heteroatoms. The van der Waals surface area contributed by atoms with Crippen LogP contribution in [0, 0.1) is 6.92 Å². The normalized spacial score (nSPS) is 9.96. The van der Waals surface area contributed by atoms with Crippen molar-refractivity contribution in [3.63, 3.8) is 0 Å². The molecule has 0 atom stereocenters. The van der Waals surface area contributed by atoms with Gasteiger partial charge in [-0.25, -0.2) is 9.59 Å². The Kier molecular flexibility index (Phi) is 5.31. The second kappa shape index (κ2) is 7.41. The molecule has 2 aromatic carbocycles. The summed E-state index contributed by atoms with van der Waals surface area (Å²) < 4.78 is 10.0. The number of hydrogen-bond donors (Lipinski definition) is 1. The van der Waals surface area contributed by atoms with E-state index < -0.39 is 11.9 Å². The lowest BCUT2D eigenvalue weighted by Crippen LogP contribution is -2.13. The predicted octanol–water partition coefficient (Wildman–Crippen LogP) is 2.96. The molecule has 124 valence electrons. The molecule has 0 aliphatic carbocycles. The van der Waals surface area contributed by atoms with Crippen molar-refractivity contribution >= 4 is 23.5 Å². The third kappa shape index (κ3) is 4.19. The highest BCUT2D eigenvalue weighted by atomic mass is 16.5. The monoisotopic (exact) mass is 327 g/mol. The predicted molar refractivity (Wildman–Crippen MR) is 88.2 cm³/mol. The second-order valence-corrected chi connectivity index (χ2v) is 5.14. The molecule has 0 saturated heterocycles. The zero-order valence-corrected chi connectivity index (χ0v) is 13.6. The number of amides is 1. The van der Waals surface area contributed by atoms with Gasteiger partial charge in [0.25, 0.3) is 0 Å². The van der Waals surface area contributed by atoms with Crippen molar-refractivity contribution in [2.45, 2.75) is 13.8 Å². The van der Waals surface area contributed by atoms with Crippen molar-refractivity contribution < 1.29 is 23.9 Å². The molecule has 2 rings (SSSR count). The Labute approximate surface area is 139 Å². The van der Waals surface area contributed by atoms with Crippen molar-refractivity contribution in [3.8, 4) is 5.75 Å². The highest BCUT2D eigenvalue weighted by Crippen LogP contribution is 2.25. The van der Waals surface area contributed by atoms with Crippen LogP contribution in [0.4, 0.5) is 5.69 Å². The van der Waals surface area contributed by atoms with E-state index in [-0.39, 0.29) is 17.2 Å². The van der Waals surface area contributed by atoms with Gasteiger partial charge in [0, 0.05) is 18.7 Å². The van der Waals surface area contributed by atoms with Gasteiger partial charge < -0.3 is 14.8 Å². The number of ether oxygens (including phenoxy) is 2. The first-order chi connectivity index (χ1) is 11.4. The molecule has 0 aliphatic heterocycles. The van der Waals surface area contributed by atoms with E-state index >= 15 is 0 Å². The standard InChI is InChI=1S/C18H17NO5/c1-11-5-4-6-13(9-11)17(21)24-16-10-14(19-12(2)20)7-8-15(16)18(22)23-3/h4-10H,1-3H3,(H,19,20). The van der Waals surface area contributed by atoms with E-state index in [0.717, 1.165) is 5.56 Å². The summed E-state index contributed by atoms with van der Waals surface area (Å²) in [7, 11) is 1.23. The number of carbonyl (C=O) groups excluding carboxylic acids is 3. The number of nitrogens with one attached hydrogen (secondary N) is 1. The molecule has 0 radical (unpaired) electrons. The lowest BCUT2D eigenvalue weighted by atomic mass is 10.1. The summed E-state index contributed by atoms with van der Waals surface area (Å²) >= 11 is 0. The number of carbonyl (C=O) groups is 3. The van der Waals surface area contributed by atoms with Gasteiger partial charge in [0.15, 0.2) is 0 Å². The maximum Gasteiger partial charge on any atom is 0.343 e. The molecular weight excluding hydrogens is 310 g/mol. The fourth-order valence-corrected chi connectivity index (χ4v) is 2.10. The van der Waals surface area contributed by atoms with Crippen molar-refractivity contribution in [1.82, 2.24) is 0 Å². The zero-order valence-electron chi connectivity index (χ0n) is 13.6. The molecule has 0 fully saturated rings. The van der Waals surface area contributed by atoms with Gasteiger partial charge in [-0.2, -0.15) is 0 Å². The summed E-state index contributed by atoms with van der Waals surface area (Å²) in [4.78, 5) is 35.3. The number of esters is 2. The molecule has 0 bridgehead atoms. The Morgan fingerprint density at radius 3 is 2.38 bits per heavy atom. The van der Waals surface area contributed by atoms with Gasteiger partial charge in [0.05, 0.1) is 12.7 Å². The summed E-state index contributed by atoms with van der Waals surface area (Å²) in [6, 6.07) is 11.2. The van der Waals surface area contributed by atoms with Crippen molar-refractivity contribution in [2.24, 2.45) is 0 Å². The third-order valence-electron chi connectivity index (χ3n) is 3.16. The van der Waals surface area contributed by atoms with Crippen molar-refractivity contribution in [2.75, 3.05) is 12.4 Å². The molecule has 6 nitrogen and oxygen atoms in total. The minimum Gasteiger partial charge on any atom is -0.465 e. The molecule has 24 heavy (non-hydrogen) atoms. The highest BCUT2D eigenvalue weighted by Gasteiger charge is 2.18. The van der Waals surface area contributed by atoms with Gasteiger partial charge >= 0.3 is 11.9 Å². The number of rotatable bonds is 4. The van der Waals surface area contributed by atoms with E-state index in [1.165, 1.54) is 32.2 Å². The number of benzene rings is 2. The van der Waals surface area contributed by atoms with Crippen LogP contribution in [0.3, 0.4) is 0 Å². The Hall–Kier alpha value is -3.15. The van der Waals surface area contributed by atoms with E-state index in [1.54, 1.807) is 18.2 Å². The summed E-state index contributed by atoms with van der Waals surface area (Å²) in [5.74, 6) is -1.52. The van der Waals surface area contributed by atoms with Crippen LogP contribution in [0.15, 0.2) is 42.5 Å². The summed E-state index contributed by atoms with van der Waals surface area (Å²) in [6.45, 7) is 3.21. The maximum atomic E-state index is 12.3. The molecule has 0 aliphatic rings. The fourth-order valence-electron chi connectivity index (χ4n) is 2.10.